The van der Waals surface area contributed by atoms with E-state index in [2.05, 4.69) is 5.32 Å². The predicted molar refractivity (Wildman–Crippen MR) is 116 cm³/mol. The van der Waals surface area contributed by atoms with Gasteiger partial charge in [-0.25, -0.2) is 12.8 Å². The van der Waals surface area contributed by atoms with E-state index in [9.17, 15) is 17.6 Å². The number of rotatable bonds is 7. The molecule has 1 amide bonds. The van der Waals surface area contributed by atoms with Crippen LogP contribution in [0.5, 0.6) is 0 Å². The first-order valence-corrected chi connectivity index (χ1v) is 11.0. The quantitative estimate of drug-likeness (QED) is 0.551. The number of carbonyl (C=O) groups is 1. The Hall–Kier alpha value is -2.61. The van der Waals surface area contributed by atoms with Crippen LogP contribution < -0.4 is 9.62 Å². The zero-order chi connectivity index (χ0) is 21.7. The van der Waals surface area contributed by atoms with Gasteiger partial charge in [0, 0.05) is 16.6 Å². The van der Waals surface area contributed by atoms with Crippen molar-refractivity contribution >= 4 is 44.8 Å². The van der Waals surface area contributed by atoms with Gasteiger partial charge < -0.3 is 5.32 Å². The van der Waals surface area contributed by atoms with Crippen LogP contribution in [-0.2, 0) is 21.4 Å². The van der Waals surface area contributed by atoms with Crippen molar-refractivity contribution in [1.82, 2.24) is 5.32 Å². The van der Waals surface area contributed by atoms with Gasteiger partial charge in [0.05, 0.1) is 10.6 Å². The Labute approximate surface area is 184 Å². The molecule has 0 spiro atoms. The summed E-state index contributed by atoms with van der Waals surface area (Å²) in [5.41, 5.74) is 0.800. The molecular weight excluding hydrogens is 450 g/mol. The van der Waals surface area contributed by atoms with E-state index in [-0.39, 0.29) is 17.1 Å². The number of nitrogens with one attached hydrogen (secondary N) is 1. The molecule has 0 heterocycles. The fourth-order valence-electron chi connectivity index (χ4n) is 2.69. The average Bonchev–Trinajstić information content (AvgIpc) is 2.73. The molecule has 9 heteroatoms. The molecule has 0 fully saturated rings. The minimum Gasteiger partial charge on any atom is -0.350 e. The molecule has 0 saturated heterocycles. The largest absolute Gasteiger partial charge is 0.350 e. The van der Waals surface area contributed by atoms with Gasteiger partial charge in [-0.2, -0.15) is 0 Å². The van der Waals surface area contributed by atoms with Gasteiger partial charge in [-0.3, -0.25) is 9.10 Å². The Bertz CT molecular complexity index is 1140. The summed E-state index contributed by atoms with van der Waals surface area (Å²) in [6, 6.07) is 17.4. The predicted octanol–water partition coefficient (Wildman–Crippen LogP) is 4.64. The maximum Gasteiger partial charge on any atom is 0.264 e. The van der Waals surface area contributed by atoms with E-state index in [1.54, 1.807) is 36.4 Å². The lowest BCUT2D eigenvalue weighted by molar-refractivity contribution is -0.119. The number of sulfonamides is 1. The Morgan fingerprint density at radius 1 is 0.967 bits per heavy atom. The van der Waals surface area contributed by atoms with Gasteiger partial charge in [0.1, 0.15) is 12.4 Å². The van der Waals surface area contributed by atoms with Crippen molar-refractivity contribution < 1.29 is 17.6 Å². The SMILES string of the molecule is O=C(CN(c1ccc(F)cc1)S(=O)(=O)c1ccccc1)NCc1ccc(Cl)cc1Cl. The molecule has 0 unspecified atom stereocenters. The Morgan fingerprint density at radius 2 is 1.63 bits per heavy atom. The zero-order valence-electron chi connectivity index (χ0n) is 15.6. The number of halogens is 3. The highest BCUT2D eigenvalue weighted by atomic mass is 35.5. The molecule has 0 aliphatic rings. The zero-order valence-corrected chi connectivity index (χ0v) is 17.9. The summed E-state index contributed by atoms with van der Waals surface area (Å²) < 4.78 is 40.5. The maximum atomic E-state index is 13.3. The number of benzene rings is 3. The summed E-state index contributed by atoms with van der Waals surface area (Å²) in [5, 5.41) is 3.50. The number of hydrogen-bond donors (Lipinski definition) is 1. The second kappa shape index (κ2) is 9.47. The molecular formula is C21H17Cl2FN2O3S. The first-order valence-electron chi connectivity index (χ1n) is 8.81. The summed E-state index contributed by atoms with van der Waals surface area (Å²) in [6.07, 6.45) is 0. The van der Waals surface area contributed by atoms with Crippen LogP contribution in [-0.4, -0.2) is 20.9 Å². The van der Waals surface area contributed by atoms with Gasteiger partial charge in [0.25, 0.3) is 10.0 Å². The van der Waals surface area contributed by atoms with E-state index in [4.69, 9.17) is 23.2 Å². The molecule has 0 saturated carbocycles. The lowest BCUT2D eigenvalue weighted by atomic mass is 10.2. The van der Waals surface area contributed by atoms with Crippen molar-refractivity contribution in [3.8, 4) is 0 Å². The molecule has 5 nitrogen and oxygen atoms in total. The molecule has 1 N–H and O–H groups in total. The lowest BCUT2D eigenvalue weighted by Gasteiger charge is -2.24. The summed E-state index contributed by atoms with van der Waals surface area (Å²) in [6.45, 7) is -0.397. The summed E-state index contributed by atoms with van der Waals surface area (Å²) in [4.78, 5) is 12.6. The topological polar surface area (TPSA) is 66.5 Å². The normalized spacial score (nSPS) is 11.2. The van der Waals surface area contributed by atoms with Crippen LogP contribution in [0.15, 0.2) is 77.7 Å². The molecule has 30 heavy (non-hydrogen) atoms. The summed E-state index contributed by atoms with van der Waals surface area (Å²) >= 11 is 12.0. The minimum atomic E-state index is -4.05. The van der Waals surface area contributed by atoms with Crippen molar-refractivity contribution in [3.05, 3.63) is 94.2 Å². The van der Waals surface area contributed by atoms with E-state index in [1.807, 2.05) is 0 Å². The third-order valence-electron chi connectivity index (χ3n) is 4.22. The highest BCUT2D eigenvalue weighted by Gasteiger charge is 2.27. The molecule has 3 rings (SSSR count). The van der Waals surface area contributed by atoms with Crippen molar-refractivity contribution in [2.24, 2.45) is 0 Å². The number of hydrogen-bond acceptors (Lipinski definition) is 3. The second-order valence-electron chi connectivity index (χ2n) is 6.31. The summed E-state index contributed by atoms with van der Waals surface area (Å²) in [5.74, 6) is -1.07. The minimum absolute atomic E-state index is 0.0165. The third kappa shape index (κ3) is 5.30. The molecule has 156 valence electrons. The maximum absolute atomic E-state index is 13.3. The number of nitrogens with zero attached hydrogens (tertiary/aromatic N) is 1. The fraction of sp³-hybridized carbons (Fsp3) is 0.0952. The fourth-order valence-corrected chi connectivity index (χ4v) is 4.60. The highest BCUT2D eigenvalue weighted by molar-refractivity contribution is 7.92. The van der Waals surface area contributed by atoms with Crippen LogP contribution in [0.3, 0.4) is 0 Å². The molecule has 0 aliphatic heterocycles. The van der Waals surface area contributed by atoms with E-state index < -0.39 is 28.3 Å². The van der Waals surface area contributed by atoms with E-state index in [0.29, 0.717) is 15.6 Å². The average molecular weight is 467 g/mol. The first-order chi connectivity index (χ1) is 14.3. The second-order valence-corrected chi connectivity index (χ2v) is 9.02. The number of anilines is 1. The van der Waals surface area contributed by atoms with Crippen LogP contribution in [0.4, 0.5) is 10.1 Å². The highest BCUT2D eigenvalue weighted by Crippen LogP contribution is 2.24. The molecule has 3 aromatic rings. The smallest absolute Gasteiger partial charge is 0.264 e. The van der Waals surface area contributed by atoms with Crippen molar-refractivity contribution in [2.75, 3.05) is 10.8 Å². The van der Waals surface area contributed by atoms with Gasteiger partial charge >= 0.3 is 0 Å². The van der Waals surface area contributed by atoms with Gasteiger partial charge in [-0.05, 0) is 54.1 Å². The van der Waals surface area contributed by atoms with Crippen LogP contribution in [0.2, 0.25) is 10.0 Å². The Balaban J connectivity index is 1.83. The van der Waals surface area contributed by atoms with E-state index >= 15 is 0 Å². The van der Waals surface area contributed by atoms with Gasteiger partial charge in [-0.1, -0.05) is 47.5 Å². The molecule has 0 aromatic heterocycles. The molecule has 3 aromatic carbocycles. The lowest BCUT2D eigenvalue weighted by Crippen LogP contribution is -2.40. The van der Waals surface area contributed by atoms with Crippen LogP contribution in [0.1, 0.15) is 5.56 Å². The Morgan fingerprint density at radius 3 is 2.27 bits per heavy atom. The van der Waals surface area contributed by atoms with E-state index in [0.717, 1.165) is 16.4 Å². The van der Waals surface area contributed by atoms with Crippen molar-refractivity contribution in [2.45, 2.75) is 11.4 Å². The molecule has 0 radical (unpaired) electrons. The molecule has 0 atom stereocenters. The van der Waals surface area contributed by atoms with Crippen LogP contribution in [0, 0.1) is 5.82 Å². The number of amides is 1. The van der Waals surface area contributed by atoms with Crippen LogP contribution >= 0.6 is 23.2 Å². The Kier molecular flexibility index (Phi) is 6.97. The number of carbonyl (C=O) groups excluding carboxylic acids is 1. The van der Waals surface area contributed by atoms with Crippen molar-refractivity contribution in [3.63, 3.8) is 0 Å². The molecule has 0 bridgehead atoms. The third-order valence-corrected chi connectivity index (χ3v) is 6.60. The summed E-state index contributed by atoms with van der Waals surface area (Å²) in [7, 11) is -4.05. The molecule has 0 aliphatic carbocycles. The van der Waals surface area contributed by atoms with Crippen LogP contribution in [0.25, 0.3) is 0 Å². The van der Waals surface area contributed by atoms with Gasteiger partial charge in [0.2, 0.25) is 5.91 Å². The van der Waals surface area contributed by atoms with Gasteiger partial charge in [-0.15, -0.1) is 0 Å². The monoisotopic (exact) mass is 466 g/mol. The van der Waals surface area contributed by atoms with Gasteiger partial charge in [0.15, 0.2) is 0 Å². The first kappa shape index (κ1) is 22.1. The van der Waals surface area contributed by atoms with E-state index in [1.165, 1.54) is 24.3 Å². The van der Waals surface area contributed by atoms with Crippen molar-refractivity contribution in [1.29, 1.82) is 0 Å². The standard InChI is InChI=1S/C21H17Cl2FN2O3S/c22-16-7-6-15(20(23)12-16)13-25-21(27)14-26(18-10-8-17(24)9-11-18)30(28,29)19-4-2-1-3-5-19/h1-12H,13-14H2,(H,25,27).